The maximum atomic E-state index is 11.9. The molecule has 0 unspecified atom stereocenters. The number of nitrogens with one attached hydrogen (secondary N) is 1. The van der Waals surface area contributed by atoms with E-state index in [9.17, 15) is 9.90 Å². The highest BCUT2D eigenvalue weighted by molar-refractivity contribution is 5.81. The number of hydrogen-bond donors (Lipinski definition) is 3. The average Bonchev–Trinajstić information content (AvgIpc) is 2.45. The summed E-state index contributed by atoms with van der Waals surface area (Å²) in [6.45, 7) is 4.06. The van der Waals surface area contributed by atoms with Crippen LogP contribution < -0.4 is 11.1 Å². The van der Waals surface area contributed by atoms with Gasteiger partial charge in [-0.3, -0.25) is 4.79 Å². The maximum Gasteiger partial charge on any atom is 0.237 e. The fraction of sp³-hybridized carbons (Fsp3) is 0.533. The minimum atomic E-state index is -0.831. The lowest BCUT2D eigenvalue weighted by molar-refractivity contribution is -0.123. The quantitative estimate of drug-likeness (QED) is 0.693. The lowest BCUT2D eigenvalue weighted by Gasteiger charge is -2.26. The van der Waals surface area contributed by atoms with Crippen molar-refractivity contribution in [1.82, 2.24) is 5.32 Å². The summed E-state index contributed by atoms with van der Waals surface area (Å²) in [4.78, 5) is 11.9. The molecular weight excluding hydrogens is 240 g/mol. The van der Waals surface area contributed by atoms with Crippen LogP contribution in [0.15, 0.2) is 30.3 Å². The van der Waals surface area contributed by atoms with Crippen LogP contribution in [-0.2, 0) is 11.2 Å². The molecule has 0 aliphatic rings. The van der Waals surface area contributed by atoms with Crippen molar-refractivity contribution in [3.05, 3.63) is 35.9 Å². The number of hydrogen-bond acceptors (Lipinski definition) is 3. The average molecular weight is 264 g/mol. The Balaban J connectivity index is 2.45. The van der Waals surface area contributed by atoms with Gasteiger partial charge in [-0.05, 0) is 24.8 Å². The molecule has 0 aliphatic heterocycles. The number of amides is 1. The predicted molar refractivity (Wildman–Crippen MR) is 76.7 cm³/mol. The Kier molecular flexibility index (Phi) is 5.99. The number of aliphatic hydroxyl groups is 1. The number of nitrogens with two attached hydrogens (primary N) is 1. The molecule has 0 aliphatic carbocycles. The molecule has 106 valence electrons. The highest BCUT2D eigenvalue weighted by Crippen LogP contribution is 2.12. The van der Waals surface area contributed by atoms with Gasteiger partial charge in [-0.25, -0.2) is 0 Å². The third-order valence-electron chi connectivity index (χ3n) is 3.54. The number of rotatable bonds is 7. The van der Waals surface area contributed by atoms with Gasteiger partial charge in [0.25, 0.3) is 0 Å². The summed E-state index contributed by atoms with van der Waals surface area (Å²) in [6.07, 6.45) is 1.72. The van der Waals surface area contributed by atoms with Crippen molar-refractivity contribution in [2.75, 3.05) is 6.54 Å². The molecule has 0 aromatic heterocycles. The van der Waals surface area contributed by atoms with Crippen molar-refractivity contribution in [2.45, 2.75) is 44.8 Å². The lowest BCUT2D eigenvalue weighted by atomic mass is 9.97. The molecule has 4 N–H and O–H groups in total. The first-order valence-corrected chi connectivity index (χ1v) is 6.80. The first-order chi connectivity index (χ1) is 9.00. The monoisotopic (exact) mass is 264 g/mol. The molecule has 0 saturated carbocycles. The Labute approximate surface area is 115 Å². The Morgan fingerprint density at radius 3 is 2.42 bits per heavy atom. The second-order valence-electron chi connectivity index (χ2n) is 4.95. The van der Waals surface area contributed by atoms with Crippen LogP contribution in [0.4, 0.5) is 0 Å². The zero-order valence-corrected chi connectivity index (χ0v) is 11.7. The third kappa shape index (κ3) is 5.01. The molecule has 4 nitrogen and oxygen atoms in total. The summed E-state index contributed by atoms with van der Waals surface area (Å²) >= 11 is 0. The first kappa shape index (κ1) is 15.7. The Hall–Kier alpha value is -1.39. The van der Waals surface area contributed by atoms with Crippen LogP contribution in [0.2, 0.25) is 0 Å². The fourth-order valence-corrected chi connectivity index (χ4v) is 1.84. The van der Waals surface area contributed by atoms with E-state index in [1.807, 2.05) is 44.2 Å². The molecule has 1 amide bonds. The molecular formula is C15H24N2O2. The second-order valence-corrected chi connectivity index (χ2v) is 4.95. The van der Waals surface area contributed by atoms with E-state index < -0.39 is 11.6 Å². The van der Waals surface area contributed by atoms with Gasteiger partial charge < -0.3 is 16.2 Å². The summed E-state index contributed by atoms with van der Waals surface area (Å²) in [5, 5.41) is 12.8. The van der Waals surface area contributed by atoms with Crippen molar-refractivity contribution in [3.8, 4) is 0 Å². The topological polar surface area (TPSA) is 75.3 Å². The molecule has 1 aromatic rings. The summed E-state index contributed by atoms with van der Waals surface area (Å²) in [6, 6.07) is 9.08. The minimum absolute atomic E-state index is 0.218. The van der Waals surface area contributed by atoms with Crippen LogP contribution in [-0.4, -0.2) is 29.2 Å². The number of carbonyl (C=O) groups excluding carboxylic acids is 1. The zero-order chi connectivity index (χ0) is 14.3. The van der Waals surface area contributed by atoms with E-state index >= 15 is 0 Å². The largest absolute Gasteiger partial charge is 0.388 e. The molecule has 0 radical (unpaired) electrons. The molecule has 0 heterocycles. The normalized spacial score (nSPS) is 13.1. The Bertz CT molecular complexity index is 388. The lowest BCUT2D eigenvalue weighted by Crippen LogP contribution is -2.48. The van der Waals surface area contributed by atoms with Crippen molar-refractivity contribution in [2.24, 2.45) is 5.73 Å². The molecule has 4 heteroatoms. The van der Waals surface area contributed by atoms with E-state index in [0.717, 1.165) is 5.56 Å². The molecule has 19 heavy (non-hydrogen) atoms. The molecule has 1 aromatic carbocycles. The van der Waals surface area contributed by atoms with E-state index in [1.165, 1.54) is 0 Å². The van der Waals surface area contributed by atoms with Gasteiger partial charge in [0.1, 0.15) is 0 Å². The zero-order valence-electron chi connectivity index (χ0n) is 11.7. The van der Waals surface area contributed by atoms with Crippen molar-refractivity contribution in [1.29, 1.82) is 0 Å². The highest BCUT2D eigenvalue weighted by Gasteiger charge is 2.24. The smallest absolute Gasteiger partial charge is 0.237 e. The van der Waals surface area contributed by atoms with Crippen molar-refractivity contribution < 1.29 is 9.90 Å². The fourth-order valence-electron chi connectivity index (χ4n) is 1.84. The van der Waals surface area contributed by atoms with Crippen molar-refractivity contribution >= 4 is 5.91 Å². The van der Waals surface area contributed by atoms with E-state index in [-0.39, 0.29) is 12.5 Å². The third-order valence-corrected chi connectivity index (χ3v) is 3.54. The summed E-state index contributed by atoms with van der Waals surface area (Å²) in [5.74, 6) is -0.218. The van der Waals surface area contributed by atoms with Crippen LogP contribution in [0.3, 0.4) is 0 Å². The van der Waals surface area contributed by atoms with Gasteiger partial charge in [0.2, 0.25) is 5.91 Å². The van der Waals surface area contributed by atoms with Gasteiger partial charge in [0, 0.05) is 6.54 Å². The predicted octanol–water partition coefficient (Wildman–Crippen LogP) is 1.22. The molecule has 0 fully saturated rings. The van der Waals surface area contributed by atoms with Gasteiger partial charge in [0.05, 0.1) is 11.6 Å². The van der Waals surface area contributed by atoms with Crippen LogP contribution in [0.5, 0.6) is 0 Å². The van der Waals surface area contributed by atoms with Gasteiger partial charge in [0.15, 0.2) is 0 Å². The molecule has 0 bridgehead atoms. The molecule has 1 rings (SSSR count). The maximum absolute atomic E-state index is 11.9. The molecule has 0 spiro atoms. The molecule has 0 saturated heterocycles. The number of benzene rings is 1. The van der Waals surface area contributed by atoms with Crippen LogP contribution in [0.25, 0.3) is 0 Å². The van der Waals surface area contributed by atoms with Crippen molar-refractivity contribution in [3.63, 3.8) is 0 Å². The first-order valence-electron chi connectivity index (χ1n) is 6.80. The summed E-state index contributed by atoms with van der Waals surface area (Å²) in [7, 11) is 0. The van der Waals surface area contributed by atoms with Gasteiger partial charge >= 0.3 is 0 Å². The minimum Gasteiger partial charge on any atom is -0.388 e. The standard InChI is InChI=1S/C15H24N2O2/c1-3-15(19,4-2)11-17-14(18)13(16)10-12-8-6-5-7-9-12/h5-9,13,19H,3-4,10-11,16H2,1-2H3,(H,17,18)/t13-/m1/s1. The van der Waals surface area contributed by atoms with Gasteiger partial charge in [-0.2, -0.15) is 0 Å². The molecule has 1 atom stereocenters. The second kappa shape index (κ2) is 7.26. The Morgan fingerprint density at radius 1 is 1.32 bits per heavy atom. The highest BCUT2D eigenvalue weighted by atomic mass is 16.3. The SMILES string of the molecule is CCC(O)(CC)CNC(=O)[C@H](N)Cc1ccccc1. The van der Waals surface area contributed by atoms with Gasteiger partial charge in [-0.15, -0.1) is 0 Å². The van der Waals surface area contributed by atoms with E-state index in [0.29, 0.717) is 19.3 Å². The van der Waals surface area contributed by atoms with Crippen LogP contribution >= 0.6 is 0 Å². The summed E-state index contributed by atoms with van der Waals surface area (Å²) in [5.41, 5.74) is 6.07. The Morgan fingerprint density at radius 2 is 1.89 bits per heavy atom. The van der Waals surface area contributed by atoms with E-state index in [1.54, 1.807) is 0 Å². The van der Waals surface area contributed by atoms with Gasteiger partial charge in [-0.1, -0.05) is 44.2 Å². The van der Waals surface area contributed by atoms with E-state index in [2.05, 4.69) is 5.32 Å². The van der Waals surface area contributed by atoms with E-state index in [4.69, 9.17) is 5.73 Å². The number of carbonyl (C=O) groups is 1. The summed E-state index contributed by atoms with van der Waals surface area (Å²) < 4.78 is 0. The van der Waals surface area contributed by atoms with Crippen LogP contribution in [0.1, 0.15) is 32.3 Å². The van der Waals surface area contributed by atoms with Crippen LogP contribution in [0, 0.1) is 0 Å².